The number of hydrogen-bond donors (Lipinski definition) is 2. The van der Waals surface area contributed by atoms with Gasteiger partial charge in [-0.3, -0.25) is 13.9 Å². The van der Waals surface area contributed by atoms with E-state index >= 15 is 0 Å². The molecule has 0 aliphatic rings. The van der Waals surface area contributed by atoms with E-state index in [1.54, 1.807) is 0 Å². The molecule has 0 atom stereocenters. The topological polar surface area (TPSA) is 109 Å². The van der Waals surface area contributed by atoms with Crippen molar-refractivity contribution in [2.24, 2.45) is 5.92 Å². The molecule has 1 aromatic heterocycles. The van der Waals surface area contributed by atoms with Gasteiger partial charge in [0.25, 0.3) is 15.7 Å². The Morgan fingerprint density at radius 2 is 1.95 bits per heavy atom. The number of aromatic amines is 1. The first-order chi connectivity index (χ1) is 9.21. The van der Waals surface area contributed by atoms with E-state index < -0.39 is 26.3 Å². The minimum Gasteiger partial charge on any atom is -0.307 e. The van der Waals surface area contributed by atoms with Gasteiger partial charge in [0, 0.05) is 6.54 Å². The van der Waals surface area contributed by atoms with E-state index in [0.717, 1.165) is 10.6 Å². The van der Waals surface area contributed by atoms with Crippen molar-refractivity contribution >= 4 is 21.0 Å². The van der Waals surface area contributed by atoms with Gasteiger partial charge in [0.1, 0.15) is 4.90 Å². The van der Waals surface area contributed by atoms with Crippen LogP contribution in [-0.2, 0) is 16.7 Å². The number of hydrogen-bond acceptors (Lipinski definition) is 4. The van der Waals surface area contributed by atoms with Gasteiger partial charge in [-0.2, -0.15) is 8.42 Å². The minimum absolute atomic E-state index is 0.0316. The first kappa shape index (κ1) is 14.5. The van der Waals surface area contributed by atoms with Crippen LogP contribution in [0.25, 0.3) is 10.9 Å². The monoisotopic (exact) mass is 298 g/mol. The number of nitrogens with one attached hydrogen (secondary N) is 1. The van der Waals surface area contributed by atoms with Gasteiger partial charge in [-0.15, -0.1) is 0 Å². The van der Waals surface area contributed by atoms with Crippen LogP contribution < -0.4 is 11.2 Å². The maximum atomic E-state index is 12.3. The molecule has 0 radical (unpaired) electrons. The lowest BCUT2D eigenvalue weighted by atomic mass is 10.2. The molecule has 1 aromatic carbocycles. The first-order valence-corrected chi connectivity index (χ1v) is 7.39. The van der Waals surface area contributed by atoms with Gasteiger partial charge >= 0.3 is 5.69 Å². The van der Waals surface area contributed by atoms with Crippen molar-refractivity contribution in [3.05, 3.63) is 39.0 Å². The molecule has 108 valence electrons. The Hall–Kier alpha value is -1.93. The SMILES string of the molecule is CC(C)Cn1c(=O)[nH]c2cccc(S(=O)(=O)O)c2c1=O. The molecule has 7 nitrogen and oxygen atoms in total. The molecule has 0 unspecified atom stereocenters. The number of H-pyrrole nitrogens is 1. The molecule has 0 amide bonds. The van der Waals surface area contributed by atoms with Gasteiger partial charge in [-0.05, 0) is 18.1 Å². The van der Waals surface area contributed by atoms with E-state index in [4.69, 9.17) is 0 Å². The van der Waals surface area contributed by atoms with E-state index in [2.05, 4.69) is 4.98 Å². The fraction of sp³-hybridized carbons (Fsp3) is 0.333. The predicted molar refractivity (Wildman–Crippen MR) is 73.5 cm³/mol. The Bertz CT molecular complexity index is 877. The van der Waals surface area contributed by atoms with E-state index in [1.165, 1.54) is 12.1 Å². The van der Waals surface area contributed by atoms with Crippen molar-refractivity contribution in [2.75, 3.05) is 0 Å². The van der Waals surface area contributed by atoms with Crippen LogP contribution in [0.2, 0.25) is 0 Å². The smallest absolute Gasteiger partial charge is 0.307 e. The van der Waals surface area contributed by atoms with Crippen LogP contribution >= 0.6 is 0 Å². The summed E-state index contributed by atoms with van der Waals surface area (Å²) in [4.78, 5) is 26.1. The third-order valence-electron chi connectivity index (χ3n) is 2.80. The zero-order chi connectivity index (χ0) is 15.1. The maximum Gasteiger partial charge on any atom is 0.328 e. The van der Waals surface area contributed by atoms with E-state index in [-0.39, 0.29) is 23.4 Å². The summed E-state index contributed by atoms with van der Waals surface area (Å²) in [5, 5.41) is -0.213. The zero-order valence-corrected chi connectivity index (χ0v) is 11.8. The fourth-order valence-electron chi connectivity index (χ4n) is 2.01. The molecule has 2 aromatic rings. The van der Waals surface area contributed by atoms with Crippen molar-refractivity contribution in [1.82, 2.24) is 9.55 Å². The maximum absolute atomic E-state index is 12.3. The summed E-state index contributed by atoms with van der Waals surface area (Å²) in [5.74, 6) is 0.0316. The Balaban J connectivity index is 2.96. The van der Waals surface area contributed by atoms with Gasteiger partial charge in [-0.25, -0.2) is 4.79 Å². The Morgan fingerprint density at radius 1 is 1.30 bits per heavy atom. The summed E-state index contributed by atoms with van der Waals surface area (Å²) in [6.45, 7) is 3.81. The third-order valence-corrected chi connectivity index (χ3v) is 3.69. The highest BCUT2D eigenvalue weighted by atomic mass is 32.2. The second-order valence-corrected chi connectivity index (χ2v) is 6.28. The molecule has 0 saturated heterocycles. The lowest BCUT2D eigenvalue weighted by Gasteiger charge is -2.10. The second kappa shape index (κ2) is 4.88. The molecule has 2 N–H and O–H groups in total. The van der Waals surface area contributed by atoms with Crippen molar-refractivity contribution in [3.63, 3.8) is 0 Å². The van der Waals surface area contributed by atoms with Gasteiger partial charge in [0.15, 0.2) is 0 Å². The molecular formula is C12H14N2O5S. The quantitative estimate of drug-likeness (QED) is 0.806. The van der Waals surface area contributed by atoms with Gasteiger partial charge in [-0.1, -0.05) is 19.9 Å². The summed E-state index contributed by atoms with van der Waals surface area (Å²) in [5.41, 5.74) is -1.26. The first-order valence-electron chi connectivity index (χ1n) is 5.95. The average Bonchev–Trinajstić information content (AvgIpc) is 2.32. The number of aromatic nitrogens is 2. The number of rotatable bonds is 3. The molecule has 0 bridgehead atoms. The fourth-order valence-corrected chi connectivity index (χ4v) is 2.72. The molecule has 0 aliphatic carbocycles. The highest BCUT2D eigenvalue weighted by molar-refractivity contribution is 7.86. The van der Waals surface area contributed by atoms with Crippen LogP contribution in [0.3, 0.4) is 0 Å². The summed E-state index contributed by atoms with van der Waals surface area (Å²) in [7, 11) is -4.55. The van der Waals surface area contributed by atoms with E-state index in [0.29, 0.717) is 0 Å². The molecule has 1 heterocycles. The van der Waals surface area contributed by atoms with E-state index in [1.807, 2.05) is 13.8 Å². The molecule has 0 aliphatic heterocycles. The third kappa shape index (κ3) is 2.52. The molecule has 20 heavy (non-hydrogen) atoms. The van der Waals surface area contributed by atoms with Crippen LogP contribution in [0.4, 0.5) is 0 Å². The number of benzene rings is 1. The minimum atomic E-state index is -4.55. The van der Waals surface area contributed by atoms with Gasteiger partial charge in [0.05, 0.1) is 10.9 Å². The van der Waals surface area contributed by atoms with Crippen LogP contribution in [0.15, 0.2) is 32.7 Å². The van der Waals surface area contributed by atoms with Crippen LogP contribution in [0.1, 0.15) is 13.8 Å². The molecule has 8 heteroatoms. The van der Waals surface area contributed by atoms with Gasteiger partial charge in [0.2, 0.25) is 0 Å². The van der Waals surface area contributed by atoms with Crippen LogP contribution in [0, 0.1) is 5.92 Å². The Morgan fingerprint density at radius 3 is 2.50 bits per heavy atom. The van der Waals surface area contributed by atoms with Crippen molar-refractivity contribution in [3.8, 4) is 0 Å². The zero-order valence-electron chi connectivity index (χ0n) is 11.0. The largest absolute Gasteiger partial charge is 0.328 e. The predicted octanol–water partition coefficient (Wildman–Crippen LogP) is 0.593. The van der Waals surface area contributed by atoms with Crippen LogP contribution in [-0.4, -0.2) is 22.5 Å². The van der Waals surface area contributed by atoms with Crippen molar-refractivity contribution in [2.45, 2.75) is 25.3 Å². The Kier molecular flexibility index (Phi) is 3.53. The van der Waals surface area contributed by atoms with Crippen molar-refractivity contribution < 1.29 is 13.0 Å². The average molecular weight is 298 g/mol. The highest BCUT2D eigenvalue weighted by Crippen LogP contribution is 2.17. The normalized spacial score (nSPS) is 12.2. The number of nitrogens with zero attached hydrogens (tertiary/aromatic N) is 1. The molecule has 2 rings (SSSR count). The summed E-state index contributed by atoms with van der Waals surface area (Å²) in [6, 6.07) is 3.87. The molecule has 0 spiro atoms. The summed E-state index contributed by atoms with van der Waals surface area (Å²) in [6.07, 6.45) is 0. The highest BCUT2D eigenvalue weighted by Gasteiger charge is 2.19. The van der Waals surface area contributed by atoms with E-state index in [9.17, 15) is 22.6 Å². The van der Waals surface area contributed by atoms with Gasteiger partial charge < -0.3 is 4.98 Å². The lowest BCUT2D eigenvalue weighted by Crippen LogP contribution is -2.36. The Labute approximate surface area is 114 Å². The summed E-state index contributed by atoms with van der Waals surface area (Å²) < 4.78 is 32.8. The molecular weight excluding hydrogens is 284 g/mol. The second-order valence-electron chi connectivity index (χ2n) is 4.89. The van der Waals surface area contributed by atoms with Crippen molar-refractivity contribution in [1.29, 1.82) is 0 Å². The molecule has 0 fully saturated rings. The molecule has 0 saturated carbocycles. The lowest BCUT2D eigenvalue weighted by molar-refractivity contribution is 0.482. The van der Waals surface area contributed by atoms with Crippen LogP contribution in [0.5, 0.6) is 0 Å². The summed E-state index contributed by atoms with van der Waals surface area (Å²) >= 11 is 0. The number of fused-ring (bicyclic) bond motifs is 1. The standard InChI is InChI=1S/C12H14N2O5S/c1-7(2)6-14-11(15)10-8(13-12(14)16)4-3-5-9(10)20(17,18)19/h3-5,7H,6H2,1-2H3,(H,13,16)(H,17,18,19).